The minimum absolute atomic E-state index is 0.0942. The van der Waals surface area contributed by atoms with Crippen molar-refractivity contribution in [1.82, 2.24) is 0 Å². The number of aryl methyl sites for hydroxylation is 1. The zero-order valence-corrected chi connectivity index (χ0v) is 13.9. The normalized spacial score (nSPS) is 32.7. The molecule has 1 N–H and O–H groups in total. The van der Waals surface area contributed by atoms with E-state index in [1.54, 1.807) is 0 Å². The summed E-state index contributed by atoms with van der Waals surface area (Å²) in [5, 5.41) is 9.43. The largest absolute Gasteiger partial charge is 0.493 e. The van der Waals surface area contributed by atoms with Crippen LogP contribution in [0.4, 0.5) is 0 Å². The number of benzene rings is 1. The molecule has 0 heterocycles. The number of hydrogen-bond donors (Lipinski definition) is 1. The van der Waals surface area contributed by atoms with E-state index in [1.165, 1.54) is 43.2 Å². The fourth-order valence-corrected chi connectivity index (χ4v) is 5.23. The van der Waals surface area contributed by atoms with Crippen LogP contribution >= 0.6 is 0 Å². The number of rotatable bonds is 4. The third-order valence-electron chi connectivity index (χ3n) is 6.62. The number of ether oxygens (including phenoxy) is 1. The van der Waals surface area contributed by atoms with Crippen LogP contribution in [0.2, 0.25) is 0 Å². The predicted octanol–water partition coefficient (Wildman–Crippen LogP) is 4.18. The van der Waals surface area contributed by atoms with Gasteiger partial charge in [-0.3, -0.25) is 4.79 Å². The highest BCUT2D eigenvalue weighted by Crippen LogP contribution is 2.66. The van der Waals surface area contributed by atoms with Gasteiger partial charge in [-0.2, -0.15) is 0 Å². The van der Waals surface area contributed by atoms with Gasteiger partial charge in [0.25, 0.3) is 0 Å². The standard InChI is InChI=1S/C20H26O3/c1-13-18(19(21)22)20(13)10-9-15-11-16(7-8-17(15)20)23-12-14-5-3-2-4-6-14/h7-8,11,13-14,18H,2-6,9-10,12H2,1H3,(H,21,22). The van der Waals surface area contributed by atoms with E-state index in [2.05, 4.69) is 25.1 Å². The van der Waals surface area contributed by atoms with E-state index in [0.717, 1.165) is 25.2 Å². The van der Waals surface area contributed by atoms with Gasteiger partial charge in [-0.05, 0) is 60.8 Å². The van der Waals surface area contributed by atoms with Gasteiger partial charge in [-0.25, -0.2) is 0 Å². The average Bonchev–Trinajstić information content (AvgIpc) is 2.98. The van der Waals surface area contributed by atoms with Crippen molar-refractivity contribution < 1.29 is 14.6 Å². The second-order valence-corrected chi connectivity index (χ2v) is 7.78. The molecule has 1 aromatic carbocycles. The maximum Gasteiger partial charge on any atom is 0.307 e. The zero-order chi connectivity index (χ0) is 16.0. The highest BCUT2D eigenvalue weighted by Gasteiger charge is 2.68. The van der Waals surface area contributed by atoms with Crippen LogP contribution in [-0.4, -0.2) is 17.7 Å². The molecule has 124 valence electrons. The minimum atomic E-state index is -0.636. The third kappa shape index (κ3) is 2.36. The summed E-state index contributed by atoms with van der Waals surface area (Å²) >= 11 is 0. The van der Waals surface area contributed by atoms with Crippen molar-refractivity contribution in [3.8, 4) is 5.75 Å². The lowest BCUT2D eigenvalue weighted by molar-refractivity contribution is -0.139. The van der Waals surface area contributed by atoms with E-state index in [4.69, 9.17) is 4.74 Å². The molecule has 3 unspecified atom stereocenters. The molecule has 4 rings (SSSR count). The Morgan fingerprint density at radius 3 is 2.78 bits per heavy atom. The van der Waals surface area contributed by atoms with Crippen molar-refractivity contribution in [2.45, 2.75) is 57.3 Å². The van der Waals surface area contributed by atoms with Gasteiger partial charge in [0.15, 0.2) is 0 Å². The summed E-state index contributed by atoms with van der Waals surface area (Å²) in [6, 6.07) is 6.35. The predicted molar refractivity (Wildman–Crippen MR) is 88.8 cm³/mol. The molecule has 0 bridgehead atoms. The van der Waals surface area contributed by atoms with Gasteiger partial charge in [0.2, 0.25) is 0 Å². The van der Waals surface area contributed by atoms with Crippen LogP contribution in [0.5, 0.6) is 5.75 Å². The smallest absolute Gasteiger partial charge is 0.307 e. The maximum atomic E-state index is 11.5. The van der Waals surface area contributed by atoms with E-state index in [1.807, 2.05) is 0 Å². The molecule has 0 saturated heterocycles. The molecule has 0 radical (unpaired) electrons. The van der Waals surface area contributed by atoms with Crippen molar-refractivity contribution in [3.63, 3.8) is 0 Å². The lowest BCUT2D eigenvalue weighted by Gasteiger charge is -2.22. The van der Waals surface area contributed by atoms with Crippen LogP contribution < -0.4 is 4.74 Å². The van der Waals surface area contributed by atoms with Crippen LogP contribution in [-0.2, 0) is 16.6 Å². The molecular weight excluding hydrogens is 288 g/mol. The van der Waals surface area contributed by atoms with Gasteiger partial charge in [0.1, 0.15) is 5.75 Å². The fourth-order valence-electron chi connectivity index (χ4n) is 5.23. The lowest BCUT2D eigenvalue weighted by Crippen LogP contribution is -2.15. The SMILES string of the molecule is CC1C(C(=O)O)C12CCc1cc(OCC3CCCCC3)ccc12. The molecule has 0 aromatic heterocycles. The Labute approximate surface area is 138 Å². The van der Waals surface area contributed by atoms with Crippen molar-refractivity contribution in [3.05, 3.63) is 29.3 Å². The molecule has 1 spiro atoms. The van der Waals surface area contributed by atoms with Gasteiger partial charge in [-0.15, -0.1) is 0 Å². The molecule has 2 fully saturated rings. The molecular formula is C20H26O3. The summed E-state index contributed by atoms with van der Waals surface area (Å²) in [6.07, 6.45) is 8.62. The Kier molecular flexibility index (Phi) is 3.62. The number of fused-ring (bicyclic) bond motifs is 2. The van der Waals surface area contributed by atoms with Crippen molar-refractivity contribution in [2.24, 2.45) is 17.8 Å². The van der Waals surface area contributed by atoms with E-state index in [-0.39, 0.29) is 17.3 Å². The monoisotopic (exact) mass is 314 g/mol. The van der Waals surface area contributed by atoms with Crippen LogP contribution in [0, 0.1) is 17.8 Å². The van der Waals surface area contributed by atoms with Crippen molar-refractivity contribution >= 4 is 5.97 Å². The molecule has 2 saturated carbocycles. The van der Waals surface area contributed by atoms with Gasteiger partial charge in [0.05, 0.1) is 12.5 Å². The first-order chi connectivity index (χ1) is 11.1. The Morgan fingerprint density at radius 2 is 2.09 bits per heavy atom. The number of hydrogen-bond acceptors (Lipinski definition) is 2. The average molecular weight is 314 g/mol. The first kappa shape index (κ1) is 15.0. The van der Waals surface area contributed by atoms with E-state index < -0.39 is 5.97 Å². The lowest BCUT2D eigenvalue weighted by atomic mass is 9.90. The summed E-state index contributed by atoms with van der Waals surface area (Å²) in [7, 11) is 0. The maximum absolute atomic E-state index is 11.5. The third-order valence-corrected chi connectivity index (χ3v) is 6.62. The topological polar surface area (TPSA) is 46.5 Å². The number of carbonyl (C=O) groups is 1. The van der Waals surface area contributed by atoms with E-state index in [0.29, 0.717) is 5.92 Å². The number of carboxylic acids is 1. The summed E-state index contributed by atoms with van der Waals surface area (Å²) in [5.74, 6) is 1.10. The van der Waals surface area contributed by atoms with Crippen molar-refractivity contribution in [1.29, 1.82) is 0 Å². The molecule has 1 aromatic rings. The molecule has 0 aliphatic heterocycles. The number of carboxylic acid groups (broad SMARTS) is 1. The molecule has 3 aliphatic rings. The first-order valence-electron chi connectivity index (χ1n) is 9.12. The molecule has 3 aliphatic carbocycles. The number of aliphatic carboxylic acids is 1. The highest BCUT2D eigenvalue weighted by atomic mass is 16.5. The van der Waals surface area contributed by atoms with Gasteiger partial charge in [-0.1, -0.05) is 32.3 Å². The Bertz CT molecular complexity index is 617. The van der Waals surface area contributed by atoms with Gasteiger partial charge >= 0.3 is 5.97 Å². The van der Waals surface area contributed by atoms with Crippen LogP contribution in [0.3, 0.4) is 0 Å². The Morgan fingerprint density at radius 1 is 1.30 bits per heavy atom. The van der Waals surface area contributed by atoms with Crippen LogP contribution in [0.25, 0.3) is 0 Å². The molecule has 3 nitrogen and oxygen atoms in total. The highest BCUT2D eigenvalue weighted by molar-refractivity contribution is 5.79. The van der Waals surface area contributed by atoms with Crippen LogP contribution in [0.15, 0.2) is 18.2 Å². The summed E-state index contributed by atoms with van der Waals surface area (Å²) in [5.41, 5.74) is 2.48. The van der Waals surface area contributed by atoms with E-state index >= 15 is 0 Å². The second kappa shape index (κ2) is 5.54. The first-order valence-corrected chi connectivity index (χ1v) is 9.12. The zero-order valence-electron chi connectivity index (χ0n) is 13.9. The minimum Gasteiger partial charge on any atom is -0.493 e. The summed E-state index contributed by atoms with van der Waals surface area (Å²) in [6.45, 7) is 2.92. The van der Waals surface area contributed by atoms with Gasteiger partial charge < -0.3 is 9.84 Å². The summed E-state index contributed by atoms with van der Waals surface area (Å²) < 4.78 is 6.04. The molecule has 3 atom stereocenters. The van der Waals surface area contributed by atoms with E-state index in [9.17, 15) is 9.90 Å². The molecule has 3 heteroatoms. The second-order valence-electron chi connectivity index (χ2n) is 7.78. The van der Waals surface area contributed by atoms with Crippen LogP contribution in [0.1, 0.15) is 56.6 Å². The van der Waals surface area contributed by atoms with Gasteiger partial charge in [0, 0.05) is 5.41 Å². The Hall–Kier alpha value is -1.51. The molecule has 23 heavy (non-hydrogen) atoms. The fraction of sp³-hybridized carbons (Fsp3) is 0.650. The quantitative estimate of drug-likeness (QED) is 0.907. The summed E-state index contributed by atoms with van der Waals surface area (Å²) in [4.78, 5) is 11.5. The molecule has 0 amide bonds. The van der Waals surface area contributed by atoms with Crippen molar-refractivity contribution in [2.75, 3.05) is 6.61 Å². The Balaban J connectivity index is 1.47.